The number of carbonyl (C=O) groups is 1. The molecule has 1 aliphatic carbocycles. The molecule has 9 heteroatoms. The Balaban J connectivity index is 1.40. The van der Waals surface area contributed by atoms with E-state index in [-0.39, 0.29) is 22.7 Å². The number of hydrogen-bond acceptors (Lipinski definition) is 4. The predicted octanol–water partition coefficient (Wildman–Crippen LogP) is 7.13. The van der Waals surface area contributed by atoms with Crippen molar-refractivity contribution in [2.75, 3.05) is 0 Å². The van der Waals surface area contributed by atoms with Gasteiger partial charge in [0, 0.05) is 28.4 Å². The molecule has 5 rings (SSSR count). The van der Waals surface area contributed by atoms with Crippen molar-refractivity contribution in [1.29, 1.82) is 0 Å². The molecule has 5 nitrogen and oxygen atoms in total. The van der Waals surface area contributed by atoms with Crippen molar-refractivity contribution >= 4 is 28.8 Å². The van der Waals surface area contributed by atoms with Crippen molar-refractivity contribution in [1.82, 2.24) is 9.88 Å². The van der Waals surface area contributed by atoms with E-state index in [1.54, 1.807) is 24.3 Å². The third-order valence-electron chi connectivity index (χ3n) is 5.70. The van der Waals surface area contributed by atoms with Crippen LogP contribution in [0.2, 0.25) is 0 Å². The molecule has 4 aromatic rings. The Morgan fingerprint density at radius 1 is 0.972 bits per heavy atom. The first-order valence-electron chi connectivity index (χ1n) is 11.5. The zero-order valence-corrected chi connectivity index (χ0v) is 19.9. The van der Waals surface area contributed by atoms with Gasteiger partial charge in [-0.3, -0.25) is 0 Å². The van der Waals surface area contributed by atoms with E-state index in [1.165, 1.54) is 12.1 Å². The van der Waals surface area contributed by atoms with Crippen LogP contribution in [0.1, 0.15) is 24.1 Å². The zero-order valence-electron chi connectivity index (χ0n) is 19.1. The fourth-order valence-electron chi connectivity index (χ4n) is 3.86. The van der Waals surface area contributed by atoms with Gasteiger partial charge in [0.05, 0.1) is 5.69 Å². The molecule has 1 heterocycles. The molecule has 0 bridgehead atoms. The maximum Gasteiger partial charge on any atom is 0.446 e. The Hall–Kier alpha value is -3.59. The second kappa shape index (κ2) is 10.2. The molecule has 0 spiro atoms. The second-order valence-corrected chi connectivity index (χ2v) is 9.68. The van der Waals surface area contributed by atoms with E-state index in [9.17, 15) is 18.0 Å². The summed E-state index contributed by atoms with van der Waals surface area (Å²) in [4.78, 5) is 12.2. The Labute approximate surface area is 210 Å². The van der Waals surface area contributed by atoms with Gasteiger partial charge in [-0.15, -0.1) is 0 Å². The Bertz CT molecular complexity index is 1350. The lowest BCUT2D eigenvalue weighted by molar-refractivity contribution is -0.0328. The van der Waals surface area contributed by atoms with Crippen molar-refractivity contribution in [2.45, 2.75) is 42.4 Å². The van der Waals surface area contributed by atoms with Gasteiger partial charge in [-0.1, -0.05) is 30.3 Å². The summed E-state index contributed by atoms with van der Waals surface area (Å²) in [6.07, 6.45) is 1.47. The summed E-state index contributed by atoms with van der Waals surface area (Å²) in [6.45, 7) is 0.732. The number of amides is 1. The van der Waals surface area contributed by atoms with Gasteiger partial charge < -0.3 is 19.4 Å². The molecule has 186 valence electrons. The van der Waals surface area contributed by atoms with Gasteiger partial charge in [0.1, 0.15) is 18.1 Å². The summed E-state index contributed by atoms with van der Waals surface area (Å²) >= 11 is -0.131. The number of para-hydroxylation sites is 1. The topological polar surface area (TPSA) is 52.5 Å². The molecule has 3 aromatic carbocycles. The van der Waals surface area contributed by atoms with Crippen LogP contribution in [0.15, 0.2) is 83.8 Å². The van der Waals surface area contributed by atoms with Crippen molar-refractivity contribution < 1.29 is 27.4 Å². The summed E-state index contributed by atoms with van der Waals surface area (Å²) in [5.41, 5.74) is -1.70. The number of halogens is 3. The lowest BCUT2D eigenvalue weighted by Gasteiger charge is -2.13. The summed E-state index contributed by atoms with van der Waals surface area (Å²) in [5, 5.41) is 3.66. The van der Waals surface area contributed by atoms with Crippen LogP contribution in [0.25, 0.3) is 10.9 Å². The molecule has 1 fully saturated rings. The van der Waals surface area contributed by atoms with Crippen LogP contribution < -0.4 is 14.8 Å². The standard InChI is InChI=1S/C27H23F3N2O3S/c28-27(29,30)36-24-11-6-18(7-12-24)16-32-21(17-34-22-4-2-1-3-5-22)14-19-15-23(10-13-25(19)32)35-26(33)31-20-8-9-20/h1-7,10-15,20H,8-9,16-17H2,(H,31,33). The number of hydrogen-bond donors (Lipinski definition) is 1. The van der Waals surface area contributed by atoms with Crippen molar-refractivity contribution in [3.05, 3.63) is 90.1 Å². The SMILES string of the molecule is O=C(NC1CC1)Oc1ccc2c(c1)cc(COc1ccccc1)n2Cc1ccc(SC(F)(F)F)cc1. The molecule has 1 saturated carbocycles. The lowest BCUT2D eigenvalue weighted by Crippen LogP contribution is -2.28. The van der Waals surface area contributed by atoms with Crippen LogP contribution in [0.4, 0.5) is 18.0 Å². The van der Waals surface area contributed by atoms with Crippen LogP contribution in [0.5, 0.6) is 11.5 Å². The van der Waals surface area contributed by atoms with E-state index in [0.29, 0.717) is 18.9 Å². The normalized spacial score (nSPS) is 13.5. The van der Waals surface area contributed by atoms with E-state index in [0.717, 1.165) is 40.8 Å². The van der Waals surface area contributed by atoms with E-state index >= 15 is 0 Å². The number of rotatable bonds is 8. The van der Waals surface area contributed by atoms with Crippen LogP contribution >= 0.6 is 11.8 Å². The molecule has 36 heavy (non-hydrogen) atoms. The molecule has 1 aliphatic rings. The highest BCUT2D eigenvalue weighted by atomic mass is 32.2. The Kier molecular flexibility index (Phi) is 6.82. The van der Waals surface area contributed by atoms with Gasteiger partial charge in [-0.25, -0.2) is 4.79 Å². The monoisotopic (exact) mass is 512 g/mol. The van der Waals surface area contributed by atoms with E-state index in [4.69, 9.17) is 9.47 Å². The average molecular weight is 513 g/mol. The lowest BCUT2D eigenvalue weighted by atomic mass is 10.2. The van der Waals surface area contributed by atoms with E-state index in [2.05, 4.69) is 9.88 Å². The third-order valence-corrected chi connectivity index (χ3v) is 6.44. The minimum absolute atomic E-state index is 0.131. The maximum atomic E-state index is 12.7. The Morgan fingerprint density at radius 2 is 1.72 bits per heavy atom. The molecule has 0 atom stereocenters. The molecule has 0 aliphatic heterocycles. The van der Waals surface area contributed by atoms with E-state index in [1.807, 2.05) is 42.5 Å². The number of nitrogens with one attached hydrogen (secondary N) is 1. The number of alkyl halides is 3. The number of fused-ring (bicyclic) bond motifs is 1. The van der Waals surface area contributed by atoms with Gasteiger partial charge in [0.25, 0.3) is 0 Å². The van der Waals surface area contributed by atoms with Gasteiger partial charge in [0.15, 0.2) is 0 Å². The summed E-state index contributed by atoms with van der Waals surface area (Å²) in [7, 11) is 0. The second-order valence-electron chi connectivity index (χ2n) is 8.54. The Morgan fingerprint density at radius 3 is 2.42 bits per heavy atom. The number of carbonyl (C=O) groups excluding carboxylic acids is 1. The molecular formula is C27H23F3N2O3S. The predicted molar refractivity (Wildman–Crippen MR) is 132 cm³/mol. The van der Waals surface area contributed by atoms with Gasteiger partial charge in [0.2, 0.25) is 0 Å². The first-order valence-corrected chi connectivity index (χ1v) is 12.3. The average Bonchev–Trinajstić information content (AvgIpc) is 3.59. The summed E-state index contributed by atoms with van der Waals surface area (Å²) in [5.74, 6) is 1.16. The summed E-state index contributed by atoms with van der Waals surface area (Å²) in [6, 6.07) is 23.3. The number of benzene rings is 3. The third kappa shape index (κ3) is 6.34. The molecule has 1 aromatic heterocycles. The molecule has 0 saturated heterocycles. The summed E-state index contributed by atoms with van der Waals surface area (Å²) < 4.78 is 51.5. The van der Waals surface area contributed by atoms with Crippen LogP contribution in [-0.4, -0.2) is 22.2 Å². The fourth-order valence-corrected chi connectivity index (χ4v) is 4.40. The smallest absolute Gasteiger partial charge is 0.446 e. The van der Waals surface area contributed by atoms with Gasteiger partial charge in [-0.05, 0) is 78.7 Å². The molecule has 1 amide bonds. The van der Waals surface area contributed by atoms with Crippen LogP contribution in [0.3, 0.4) is 0 Å². The number of thioether (sulfide) groups is 1. The maximum absolute atomic E-state index is 12.7. The van der Waals surface area contributed by atoms with E-state index < -0.39 is 11.6 Å². The van der Waals surface area contributed by atoms with Gasteiger partial charge >= 0.3 is 11.6 Å². The largest absolute Gasteiger partial charge is 0.487 e. The minimum Gasteiger partial charge on any atom is -0.487 e. The van der Waals surface area contributed by atoms with Crippen molar-refractivity contribution in [3.8, 4) is 11.5 Å². The first-order chi connectivity index (χ1) is 17.3. The fraction of sp³-hybridized carbons (Fsp3) is 0.222. The van der Waals surface area contributed by atoms with Gasteiger partial charge in [-0.2, -0.15) is 13.2 Å². The molecular weight excluding hydrogens is 489 g/mol. The highest BCUT2D eigenvalue weighted by Crippen LogP contribution is 2.37. The van der Waals surface area contributed by atoms with Crippen LogP contribution in [-0.2, 0) is 13.2 Å². The number of aromatic nitrogens is 1. The molecule has 1 N–H and O–H groups in total. The molecule has 0 radical (unpaired) electrons. The first kappa shape index (κ1) is 24.1. The quantitative estimate of drug-likeness (QED) is 0.255. The highest BCUT2D eigenvalue weighted by molar-refractivity contribution is 8.00. The number of ether oxygens (including phenoxy) is 2. The van der Waals surface area contributed by atoms with Crippen molar-refractivity contribution in [3.63, 3.8) is 0 Å². The zero-order chi connectivity index (χ0) is 25.1. The molecule has 0 unspecified atom stereocenters. The highest BCUT2D eigenvalue weighted by Gasteiger charge is 2.29. The van der Waals surface area contributed by atoms with Crippen molar-refractivity contribution in [2.24, 2.45) is 0 Å². The van der Waals surface area contributed by atoms with Crippen LogP contribution in [0, 0.1) is 0 Å². The minimum atomic E-state index is -4.32. The number of nitrogens with zero attached hydrogens (tertiary/aromatic N) is 1.